The van der Waals surface area contributed by atoms with E-state index >= 15 is 0 Å². The molecule has 2 aromatic rings. The van der Waals surface area contributed by atoms with Crippen LogP contribution in [0, 0.1) is 5.92 Å². The highest BCUT2D eigenvalue weighted by Gasteiger charge is 2.36. The number of hydrogen-bond acceptors (Lipinski definition) is 3. The molecule has 3 rings (SSSR count). The molecule has 1 aliphatic heterocycles. The van der Waals surface area contributed by atoms with Crippen molar-refractivity contribution in [1.29, 1.82) is 0 Å². The van der Waals surface area contributed by atoms with Gasteiger partial charge in [-0.1, -0.05) is 55.5 Å². The van der Waals surface area contributed by atoms with Gasteiger partial charge in [-0.15, -0.1) is 0 Å². The van der Waals surface area contributed by atoms with Crippen LogP contribution in [0.3, 0.4) is 0 Å². The fourth-order valence-corrected chi connectivity index (χ4v) is 3.00. The highest BCUT2D eigenvalue weighted by Crippen LogP contribution is 2.32. The van der Waals surface area contributed by atoms with Crippen LogP contribution in [0.4, 0.5) is 5.69 Å². The minimum absolute atomic E-state index is 0.00704. The zero-order valence-corrected chi connectivity index (χ0v) is 12.2. The van der Waals surface area contributed by atoms with Crippen molar-refractivity contribution in [1.82, 2.24) is 0 Å². The molecule has 3 nitrogen and oxygen atoms in total. The summed E-state index contributed by atoms with van der Waals surface area (Å²) in [6.45, 7) is 2.26. The fraction of sp³-hybridized carbons (Fsp3) is 0.278. The first-order valence-electron chi connectivity index (χ1n) is 7.44. The highest BCUT2D eigenvalue weighted by molar-refractivity contribution is 6.04. The van der Waals surface area contributed by atoms with Crippen molar-refractivity contribution in [2.24, 2.45) is 11.0 Å². The number of para-hydroxylation sites is 1. The van der Waals surface area contributed by atoms with Gasteiger partial charge in [0.1, 0.15) is 0 Å². The van der Waals surface area contributed by atoms with E-state index < -0.39 is 0 Å². The first-order valence-corrected chi connectivity index (χ1v) is 7.44. The highest BCUT2D eigenvalue weighted by atomic mass is 16.3. The minimum atomic E-state index is 0.00704. The van der Waals surface area contributed by atoms with Crippen molar-refractivity contribution in [3.8, 4) is 0 Å². The van der Waals surface area contributed by atoms with Crippen molar-refractivity contribution in [3.05, 3.63) is 66.2 Å². The Morgan fingerprint density at radius 2 is 1.62 bits per heavy atom. The lowest BCUT2D eigenvalue weighted by molar-refractivity contribution is 0.244. The van der Waals surface area contributed by atoms with E-state index in [-0.39, 0.29) is 18.6 Å². The summed E-state index contributed by atoms with van der Waals surface area (Å²) in [6.07, 6.45) is 0.961. The number of rotatable bonds is 4. The number of nitrogens with zero attached hydrogens (tertiary/aromatic N) is 2. The quantitative estimate of drug-likeness (QED) is 0.932. The standard InChI is InChI=1S/C18H20N2O/c1-2-16-17(13-21)20(15-11-7-4-8-12-15)19-18(16)14-9-5-3-6-10-14/h3-12,16-17,21H,2,13H2,1H3/t16-,17-/m1/s1. The van der Waals surface area contributed by atoms with Gasteiger partial charge in [0.05, 0.1) is 24.0 Å². The molecule has 108 valence electrons. The molecule has 0 radical (unpaired) electrons. The summed E-state index contributed by atoms with van der Waals surface area (Å²) in [5, 5.41) is 16.6. The lowest BCUT2D eigenvalue weighted by Gasteiger charge is -2.25. The molecule has 21 heavy (non-hydrogen) atoms. The fourth-order valence-electron chi connectivity index (χ4n) is 3.00. The summed E-state index contributed by atoms with van der Waals surface area (Å²) in [7, 11) is 0. The van der Waals surface area contributed by atoms with E-state index in [0.717, 1.165) is 23.4 Å². The Bertz CT molecular complexity index is 610. The molecule has 1 aliphatic rings. The van der Waals surface area contributed by atoms with Crippen LogP contribution in [0.1, 0.15) is 18.9 Å². The molecule has 3 heteroatoms. The second-order valence-corrected chi connectivity index (χ2v) is 5.30. The van der Waals surface area contributed by atoms with E-state index in [0.29, 0.717) is 0 Å². The normalized spacial score (nSPS) is 21.4. The second kappa shape index (κ2) is 6.10. The van der Waals surface area contributed by atoms with Gasteiger partial charge in [0.2, 0.25) is 0 Å². The Labute approximate surface area is 125 Å². The molecule has 0 amide bonds. The van der Waals surface area contributed by atoms with E-state index in [4.69, 9.17) is 5.10 Å². The Hall–Kier alpha value is -2.13. The number of hydrogen-bond donors (Lipinski definition) is 1. The molecule has 0 aliphatic carbocycles. The summed E-state index contributed by atoms with van der Waals surface area (Å²) in [5.41, 5.74) is 3.24. The molecule has 1 N–H and O–H groups in total. The van der Waals surface area contributed by atoms with E-state index in [2.05, 4.69) is 19.1 Å². The lowest BCUT2D eigenvalue weighted by atomic mass is 9.89. The van der Waals surface area contributed by atoms with Crippen LogP contribution in [0.15, 0.2) is 65.8 Å². The van der Waals surface area contributed by atoms with E-state index in [1.807, 2.05) is 53.5 Å². The Morgan fingerprint density at radius 1 is 1.00 bits per heavy atom. The predicted octanol–water partition coefficient (Wildman–Crippen LogP) is 3.30. The van der Waals surface area contributed by atoms with Crippen LogP contribution < -0.4 is 5.01 Å². The van der Waals surface area contributed by atoms with Gasteiger partial charge in [-0.3, -0.25) is 5.01 Å². The van der Waals surface area contributed by atoms with Crippen molar-refractivity contribution in [2.45, 2.75) is 19.4 Å². The van der Waals surface area contributed by atoms with Crippen molar-refractivity contribution >= 4 is 11.4 Å². The molecule has 0 saturated carbocycles. The number of aliphatic hydroxyl groups excluding tert-OH is 1. The van der Waals surface area contributed by atoms with E-state index in [1.54, 1.807) is 0 Å². The maximum atomic E-state index is 9.85. The van der Waals surface area contributed by atoms with Gasteiger partial charge < -0.3 is 5.11 Å². The van der Waals surface area contributed by atoms with Crippen LogP contribution in [0.25, 0.3) is 0 Å². The zero-order valence-electron chi connectivity index (χ0n) is 12.2. The van der Waals surface area contributed by atoms with Gasteiger partial charge >= 0.3 is 0 Å². The van der Waals surface area contributed by atoms with Crippen LogP contribution >= 0.6 is 0 Å². The first kappa shape index (κ1) is 13.8. The molecule has 0 saturated heterocycles. The third-order valence-corrected chi connectivity index (χ3v) is 4.06. The maximum Gasteiger partial charge on any atom is 0.0841 e. The molecular formula is C18H20N2O. The Kier molecular flexibility index (Phi) is 4.02. The smallest absolute Gasteiger partial charge is 0.0841 e. The monoisotopic (exact) mass is 280 g/mol. The Balaban J connectivity index is 2.02. The largest absolute Gasteiger partial charge is 0.394 e. The number of hydrazone groups is 1. The van der Waals surface area contributed by atoms with Gasteiger partial charge in [-0.25, -0.2) is 0 Å². The van der Waals surface area contributed by atoms with Gasteiger partial charge in [0.25, 0.3) is 0 Å². The topological polar surface area (TPSA) is 35.8 Å². The van der Waals surface area contributed by atoms with Crippen LogP contribution in [0.2, 0.25) is 0 Å². The summed E-state index contributed by atoms with van der Waals surface area (Å²) in [6, 6.07) is 20.3. The lowest BCUT2D eigenvalue weighted by Crippen LogP contribution is -2.36. The molecule has 0 aromatic heterocycles. The van der Waals surface area contributed by atoms with Crippen LogP contribution in [-0.4, -0.2) is 23.5 Å². The average Bonchev–Trinajstić information content (AvgIpc) is 2.95. The number of anilines is 1. The number of aliphatic hydroxyl groups is 1. The minimum Gasteiger partial charge on any atom is -0.394 e. The molecule has 1 heterocycles. The van der Waals surface area contributed by atoms with Crippen LogP contribution in [0.5, 0.6) is 0 Å². The first-order chi connectivity index (χ1) is 10.3. The third-order valence-electron chi connectivity index (χ3n) is 4.06. The summed E-state index contributed by atoms with van der Waals surface area (Å²) in [5.74, 6) is 0.248. The molecule has 0 fully saturated rings. The average molecular weight is 280 g/mol. The van der Waals surface area contributed by atoms with E-state index in [9.17, 15) is 5.11 Å². The van der Waals surface area contributed by atoms with Crippen molar-refractivity contribution in [2.75, 3.05) is 11.6 Å². The molecule has 0 bridgehead atoms. The molecular weight excluding hydrogens is 260 g/mol. The van der Waals surface area contributed by atoms with Gasteiger partial charge in [0, 0.05) is 5.92 Å². The predicted molar refractivity (Wildman–Crippen MR) is 86.6 cm³/mol. The van der Waals surface area contributed by atoms with Gasteiger partial charge in [-0.05, 0) is 24.1 Å². The Morgan fingerprint density at radius 3 is 2.19 bits per heavy atom. The summed E-state index contributed by atoms with van der Waals surface area (Å²) < 4.78 is 0. The zero-order chi connectivity index (χ0) is 14.7. The molecule has 2 atom stereocenters. The number of benzene rings is 2. The summed E-state index contributed by atoms with van der Waals surface area (Å²) in [4.78, 5) is 0. The molecule has 2 aromatic carbocycles. The molecule has 0 spiro atoms. The van der Waals surface area contributed by atoms with Crippen molar-refractivity contribution in [3.63, 3.8) is 0 Å². The van der Waals surface area contributed by atoms with Crippen molar-refractivity contribution < 1.29 is 5.11 Å². The summed E-state index contributed by atoms with van der Waals surface area (Å²) >= 11 is 0. The third kappa shape index (κ3) is 2.57. The molecule has 0 unspecified atom stereocenters. The SMILES string of the molecule is CC[C@H]1C(c2ccccc2)=NN(c2ccccc2)[C@@H]1CO. The van der Waals surface area contributed by atoms with E-state index in [1.165, 1.54) is 0 Å². The van der Waals surface area contributed by atoms with Gasteiger partial charge in [-0.2, -0.15) is 5.10 Å². The second-order valence-electron chi connectivity index (χ2n) is 5.30. The van der Waals surface area contributed by atoms with Crippen LogP contribution in [-0.2, 0) is 0 Å². The van der Waals surface area contributed by atoms with Gasteiger partial charge in [0.15, 0.2) is 0 Å². The maximum absolute atomic E-state index is 9.85.